The summed E-state index contributed by atoms with van der Waals surface area (Å²) in [5, 5.41) is 0.237. The number of nitrogens with zero attached hydrogens (tertiary/aromatic N) is 2. The van der Waals surface area contributed by atoms with Crippen molar-refractivity contribution in [3.05, 3.63) is 23.2 Å². The summed E-state index contributed by atoms with van der Waals surface area (Å²) in [5.41, 5.74) is -0.965. The summed E-state index contributed by atoms with van der Waals surface area (Å²) < 4.78 is 33.2. The molecule has 1 spiro atoms. The van der Waals surface area contributed by atoms with E-state index in [0.29, 0.717) is 38.1 Å². The molecule has 2 heterocycles. The normalized spacial score (nSPS) is 24.7. The fraction of sp³-hybridized carbons (Fsp3) is 0.611. The molecule has 2 fully saturated rings. The summed E-state index contributed by atoms with van der Waals surface area (Å²) in [5.74, 6) is 0.348. The van der Waals surface area contributed by atoms with Crippen LogP contribution in [0.1, 0.15) is 39.5 Å². The minimum Gasteiger partial charge on any atom is -0.495 e. The molecule has 0 bridgehead atoms. The standard InChI is InChI=1S/C18H25ClN2O4S/c1-13(2)20-10-4-8-18(17(20)22)9-5-11-21(18)26(23,24)14-6-7-16(25-3)15(19)12-14/h6-7,12-13H,4-5,8-11H2,1-3H3. The van der Waals surface area contributed by atoms with E-state index in [2.05, 4.69) is 0 Å². The third-order valence-electron chi connectivity index (χ3n) is 5.41. The SMILES string of the molecule is COc1ccc(S(=O)(=O)N2CCCC23CCCN(C(C)C)C3=O)cc1Cl. The molecule has 0 N–H and O–H groups in total. The highest BCUT2D eigenvalue weighted by molar-refractivity contribution is 7.89. The molecular weight excluding hydrogens is 376 g/mol. The van der Waals surface area contributed by atoms with Crippen molar-refractivity contribution in [1.29, 1.82) is 0 Å². The van der Waals surface area contributed by atoms with Crippen molar-refractivity contribution < 1.29 is 17.9 Å². The molecule has 8 heteroatoms. The highest BCUT2D eigenvalue weighted by Crippen LogP contribution is 2.42. The van der Waals surface area contributed by atoms with E-state index in [-0.39, 0.29) is 21.9 Å². The van der Waals surface area contributed by atoms with E-state index in [1.165, 1.54) is 23.5 Å². The molecule has 6 nitrogen and oxygen atoms in total. The number of amides is 1. The van der Waals surface area contributed by atoms with Gasteiger partial charge in [0.2, 0.25) is 15.9 Å². The number of rotatable bonds is 4. The molecular formula is C18H25ClN2O4S. The van der Waals surface area contributed by atoms with Crippen LogP contribution in [0.3, 0.4) is 0 Å². The zero-order chi connectivity index (χ0) is 19.1. The van der Waals surface area contributed by atoms with Crippen LogP contribution in [-0.4, -0.2) is 55.3 Å². The van der Waals surface area contributed by atoms with Crippen molar-refractivity contribution in [2.75, 3.05) is 20.2 Å². The maximum atomic E-state index is 13.3. The van der Waals surface area contributed by atoms with Gasteiger partial charge < -0.3 is 9.64 Å². The van der Waals surface area contributed by atoms with Crippen molar-refractivity contribution >= 4 is 27.5 Å². The molecule has 1 aromatic rings. The smallest absolute Gasteiger partial charge is 0.244 e. The van der Waals surface area contributed by atoms with Gasteiger partial charge in [-0.05, 0) is 57.7 Å². The summed E-state index contributed by atoms with van der Waals surface area (Å²) in [6, 6.07) is 4.48. The molecule has 1 aromatic carbocycles. The average molecular weight is 401 g/mol. The Hall–Kier alpha value is -1.31. The topological polar surface area (TPSA) is 66.9 Å². The van der Waals surface area contributed by atoms with Crippen LogP contribution in [0.4, 0.5) is 0 Å². The number of methoxy groups -OCH3 is 1. The molecule has 144 valence electrons. The quantitative estimate of drug-likeness (QED) is 0.779. The molecule has 3 rings (SSSR count). The van der Waals surface area contributed by atoms with E-state index < -0.39 is 15.6 Å². The maximum absolute atomic E-state index is 13.3. The van der Waals surface area contributed by atoms with E-state index in [4.69, 9.17) is 16.3 Å². The first-order valence-corrected chi connectivity index (χ1v) is 10.7. The number of sulfonamides is 1. The fourth-order valence-electron chi connectivity index (χ4n) is 4.11. The van der Waals surface area contributed by atoms with Gasteiger partial charge in [0, 0.05) is 19.1 Å². The second-order valence-electron chi connectivity index (χ2n) is 7.20. The molecule has 1 amide bonds. The van der Waals surface area contributed by atoms with Gasteiger partial charge in [0.15, 0.2) is 0 Å². The number of carbonyl (C=O) groups excluding carboxylic acids is 1. The van der Waals surface area contributed by atoms with Gasteiger partial charge >= 0.3 is 0 Å². The van der Waals surface area contributed by atoms with Gasteiger partial charge in [-0.1, -0.05) is 11.6 Å². The number of hydrogen-bond donors (Lipinski definition) is 0. The lowest BCUT2D eigenvalue weighted by Gasteiger charge is -2.45. The van der Waals surface area contributed by atoms with Crippen LogP contribution in [0.15, 0.2) is 23.1 Å². The lowest BCUT2D eigenvalue weighted by Crippen LogP contribution is -2.62. The molecule has 1 atom stereocenters. The monoisotopic (exact) mass is 400 g/mol. The first kappa shape index (κ1) is 19.5. The van der Waals surface area contributed by atoms with Gasteiger partial charge in [0.05, 0.1) is 17.0 Å². The van der Waals surface area contributed by atoms with Crippen LogP contribution in [0, 0.1) is 0 Å². The number of ether oxygens (including phenoxy) is 1. The van der Waals surface area contributed by atoms with Crippen LogP contribution in [0.25, 0.3) is 0 Å². The summed E-state index contributed by atoms with van der Waals surface area (Å²) >= 11 is 6.13. The summed E-state index contributed by atoms with van der Waals surface area (Å²) in [6.07, 6.45) is 2.62. The number of carbonyl (C=O) groups is 1. The number of hydrogen-bond acceptors (Lipinski definition) is 4. The predicted octanol–water partition coefficient (Wildman–Crippen LogP) is 2.90. The molecule has 2 aliphatic heterocycles. The van der Waals surface area contributed by atoms with E-state index >= 15 is 0 Å². The Morgan fingerprint density at radius 2 is 1.85 bits per heavy atom. The zero-order valence-electron chi connectivity index (χ0n) is 15.4. The van der Waals surface area contributed by atoms with Crippen LogP contribution in [0.5, 0.6) is 5.75 Å². The van der Waals surface area contributed by atoms with E-state index in [9.17, 15) is 13.2 Å². The van der Waals surface area contributed by atoms with Crippen LogP contribution >= 0.6 is 11.6 Å². The molecule has 1 unspecified atom stereocenters. The number of benzene rings is 1. The van der Waals surface area contributed by atoms with Crippen LogP contribution in [0.2, 0.25) is 5.02 Å². The second kappa shape index (κ2) is 7.02. The van der Waals surface area contributed by atoms with Crippen LogP contribution < -0.4 is 4.74 Å². The van der Waals surface area contributed by atoms with E-state index in [1.54, 1.807) is 11.0 Å². The van der Waals surface area contributed by atoms with Gasteiger partial charge in [-0.15, -0.1) is 0 Å². The third kappa shape index (κ3) is 3.00. The summed E-state index contributed by atoms with van der Waals surface area (Å²) in [6.45, 7) is 4.96. The molecule has 0 saturated carbocycles. The minimum atomic E-state index is -3.83. The predicted molar refractivity (Wildman–Crippen MR) is 99.9 cm³/mol. The molecule has 0 aliphatic carbocycles. The van der Waals surface area contributed by atoms with Crippen molar-refractivity contribution in [3.63, 3.8) is 0 Å². The van der Waals surface area contributed by atoms with Crippen LogP contribution in [-0.2, 0) is 14.8 Å². The number of halogens is 1. The van der Waals surface area contributed by atoms with Crippen molar-refractivity contribution in [2.24, 2.45) is 0 Å². The first-order valence-electron chi connectivity index (χ1n) is 8.91. The zero-order valence-corrected chi connectivity index (χ0v) is 16.9. The third-order valence-corrected chi connectivity index (χ3v) is 7.67. The maximum Gasteiger partial charge on any atom is 0.244 e. The number of piperidine rings is 1. The highest BCUT2D eigenvalue weighted by atomic mass is 35.5. The van der Waals surface area contributed by atoms with Gasteiger partial charge in [-0.25, -0.2) is 8.42 Å². The number of likely N-dealkylation sites (tertiary alicyclic amines) is 1. The second-order valence-corrected chi connectivity index (χ2v) is 9.47. The molecule has 0 radical (unpaired) electrons. The molecule has 2 aliphatic rings. The Labute approximate surface area is 160 Å². The van der Waals surface area contributed by atoms with Gasteiger partial charge in [-0.3, -0.25) is 4.79 Å². The summed E-state index contributed by atoms with van der Waals surface area (Å²) in [4.78, 5) is 15.1. The van der Waals surface area contributed by atoms with Crippen molar-refractivity contribution in [1.82, 2.24) is 9.21 Å². The van der Waals surface area contributed by atoms with Gasteiger partial charge in [0.1, 0.15) is 11.3 Å². The molecule has 26 heavy (non-hydrogen) atoms. The Kier molecular flexibility index (Phi) is 5.25. The van der Waals surface area contributed by atoms with Crippen molar-refractivity contribution in [3.8, 4) is 5.75 Å². The Morgan fingerprint density at radius 3 is 2.42 bits per heavy atom. The van der Waals surface area contributed by atoms with Gasteiger partial charge in [-0.2, -0.15) is 4.31 Å². The van der Waals surface area contributed by atoms with E-state index in [0.717, 1.165) is 6.42 Å². The fourth-order valence-corrected chi connectivity index (χ4v) is 6.29. The Bertz CT molecular complexity index is 811. The average Bonchev–Trinajstić information content (AvgIpc) is 3.02. The molecule has 2 saturated heterocycles. The lowest BCUT2D eigenvalue weighted by atomic mass is 9.86. The van der Waals surface area contributed by atoms with E-state index in [1.807, 2.05) is 13.8 Å². The lowest BCUT2D eigenvalue weighted by molar-refractivity contribution is -0.146. The minimum absolute atomic E-state index is 0.0558. The summed E-state index contributed by atoms with van der Waals surface area (Å²) in [7, 11) is -2.35. The highest BCUT2D eigenvalue weighted by Gasteiger charge is 2.55. The largest absolute Gasteiger partial charge is 0.495 e. The molecule has 0 aromatic heterocycles. The first-order chi connectivity index (χ1) is 12.2. The van der Waals surface area contributed by atoms with Crippen molar-refractivity contribution in [2.45, 2.75) is 56.0 Å². The van der Waals surface area contributed by atoms with Gasteiger partial charge in [0.25, 0.3) is 0 Å². The Balaban J connectivity index is 2.01. The Morgan fingerprint density at radius 1 is 1.19 bits per heavy atom.